The normalized spacial score (nSPS) is 25.1. The number of nitrogens with zero attached hydrogens (tertiary/aromatic N) is 1. The third-order valence-corrected chi connectivity index (χ3v) is 3.20. The molecule has 0 amide bonds. The number of carbonyl (C=O) groups is 1. The minimum atomic E-state index is -0.369. The van der Waals surface area contributed by atoms with E-state index in [-0.39, 0.29) is 12.0 Å². The van der Waals surface area contributed by atoms with E-state index in [1.807, 2.05) is 0 Å². The molecule has 2 N–H and O–H groups in total. The Morgan fingerprint density at radius 1 is 1.65 bits per heavy atom. The van der Waals surface area contributed by atoms with Crippen molar-refractivity contribution in [2.75, 3.05) is 20.2 Å². The number of rotatable bonds is 3. The summed E-state index contributed by atoms with van der Waals surface area (Å²) in [5.74, 6) is 0.906. The molecule has 0 aliphatic carbocycles. The van der Waals surface area contributed by atoms with Crippen LogP contribution in [0.5, 0.6) is 0 Å². The fourth-order valence-corrected chi connectivity index (χ4v) is 2.13. The predicted octanol–water partition coefficient (Wildman–Crippen LogP) is 0.845. The highest BCUT2D eigenvalue weighted by atomic mass is 16.5. The van der Waals surface area contributed by atoms with E-state index in [0.29, 0.717) is 18.0 Å². The van der Waals surface area contributed by atoms with Crippen LogP contribution in [-0.2, 0) is 11.3 Å². The minimum absolute atomic E-state index is 0.227. The Kier molecular flexibility index (Phi) is 3.49. The first-order chi connectivity index (χ1) is 8.10. The molecule has 2 rings (SSSR count). The monoisotopic (exact) mass is 238 g/mol. The topological polar surface area (TPSA) is 68.7 Å². The van der Waals surface area contributed by atoms with Gasteiger partial charge < -0.3 is 14.9 Å². The van der Waals surface area contributed by atoms with Crippen LogP contribution in [0.15, 0.2) is 16.7 Å². The number of hydrogen-bond acceptors (Lipinski definition) is 5. The molecule has 0 radical (unpaired) electrons. The van der Waals surface area contributed by atoms with Crippen LogP contribution in [0.25, 0.3) is 0 Å². The molecule has 0 spiro atoms. The molecule has 17 heavy (non-hydrogen) atoms. The van der Waals surface area contributed by atoms with Crippen molar-refractivity contribution in [1.29, 1.82) is 0 Å². The minimum Gasteiger partial charge on any atom is -0.467 e. The van der Waals surface area contributed by atoms with Crippen molar-refractivity contribution in [3.8, 4) is 0 Å². The van der Waals surface area contributed by atoms with Gasteiger partial charge >= 0.3 is 5.97 Å². The fraction of sp³-hybridized carbons (Fsp3) is 0.583. The Balaban J connectivity index is 1.96. The van der Waals surface area contributed by atoms with Gasteiger partial charge in [-0.15, -0.1) is 0 Å². The maximum Gasteiger partial charge on any atom is 0.341 e. The lowest BCUT2D eigenvalue weighted by molar-refractivity contribution is 0.0600. The predicted molar refractivity (Wildman–Crippen MR) is 62.5 cm³/mol. The quantitative estimate of drug-likeness (QED) is 0.790. The van der Waals surface area contributed by atoms with Gasteiger partial charge in [-0.25, -0.2) is 4.79 Å². The number of nitrogens with two attached hydrogens (primary N) is 1. The summed E-state index contributed by atoms with van der Waals surface area (Å²) in [7, 11) is 1.36. The summed E-state index contributed by atoms with van der Waals surface area (Å²) in [4.78, 5) is 13.5. The van der Waals surface area contributed by atoms with E-state index < -0.39 is 0 Å². The van der Waals surface area contributed by atoms with Gasteiger partial charge in [0.05, 0.1) is 19.2 Å². The Labute approximate surface area is 101 Å². The van der Waals surface area contributed by atoms with Crippen molar-refractivity contribution in [1.82, 2.24) is 4.90 Å². The first kappa shape index (κ1) is 12.1. The third kappa shape index (κ3) is 2.68. The van der Waals surface area contributed by atoms with Gasteiger partial charge in [-0.2, -0.15) is 0 Å². The molecular weight excluding hydrogens is 220 g/mol. The number of furan rings is 1. The zero-order chi connectivity index (χ0) is 12.4. The van der Waals surface area contributed by atoms with Crippen LogP contribution >= 0.6 is 0 Å². The van der Waals surface area contributed by atoms with E-state index in [2.05, 4.69) is 16.6 Å². The van der Waals surface area contributed by atoms with Gasteiger partial charge in [0, 0.05) is 19.1 Å². The molecule has 0 saturated carbocycles. The van der Waals surface area contributed by atoms with Crippen molar-refractivity contribution in [2.24, 2.45) is 11.7 Å². The van der Waals surface area contributed by atoms with Crippen LogP contribution in [0.1, 0.15) is 23.0 Å². The summed E-state index contributed by atoms with van der Waals surface area (Å²) in [6, 6.07) is 1.95. The van der Waals surface area contributed by atoms with E-state index in [9.17, 15) is 4.79 Å². The molecular formula is C12H18N2O3. The Morgan fingerprint density at radius 2 is 2.41 bits per heavy atom. The first-order valence-electron chi connectivity index (χ1n) is 5.74. The summed E-state index contributed by atoms with van der Waals surface area (Å²) < 4.78 is 9.96. The highest BCUT2D eigenvalue weighted by Gasteiger charge is 2.27. The molecule has 1 fully saturated rings. The molecule has 1 aliphatic heterocycles. The molecule has 5 heteroatoms. The molecule has 2 heterocycles. The van der Waals surface area contributed by atoms with Gasteiger partial charge in [0.15, 0.2) is 0 Å². The Morgan fingerprint density at radius 3 is 3.00 bits per heavy atom. The SMILES string of the molecule is COC(=O)c1coc(CN2CC(C)C(N)C2)c1. The van der Waals surface area contributed by atoms with E-state index in [1.54, 1.807) is 6.07 Å². The van der Waals surface area contributed by atoms with Gasteiger partial charge in [0.2, 0.25) is 0 Å². The van der Waals surface area contributed by atoms with Crippen LogP contribution in [-0.4, -0.2) is 37.1 Å². The summed E-state index contributed by atoms with van der Waals surface area (Å²) >= 11 is 0. The second-order valence-electron chi connectivity index (χ2n) is 4.63. The van der Waals surface area contributed by atoms with E-state index in [4.69, 9.17) is 10.2 Å². The van der Waals surface area contributed by atoms with Gasteiger partial charge in [-0.3, -0.25) is 4.90 Å². The second-order valence-corrected chi connectivity index (χ2v) is 4.63. The molecule has 0 aromatic carbocycles. The van der Waals surface area contributed by atoms with Crippen LogP contribution < -0.4 is 5.73 Å². The Bertz CT molecular complexity index is 392. The molecule has 94 valence electrons. The third-order valence-electron chi connectivity index (χ3n) is 3.20. The van der Waals surface area contributed by atoms with Crippen molar-refractivity contribution < 1.29 is 13.9 Å². The van der Waals surface area contributed by atoms with Crippen LogP contribution in [0.2, 0.25) is 0 Å². The van der Waals surface area contributed by atoms with Crippen LogP contribution in [0.4, 0.5) is 0 Å². The van der Waals surface area contributed by atoms with Gasteiger partial charge in [0.25, 0.3) is 0 Å². The lowest BCUT2D eigenvalue weighted by atomic mass is 10.1. The van der Waals surface area contributed by atoms with Crippen LogP contribution in [0, 0.1) is 5.92 Å². The smallest absolute Gasteiger partial charge is 0.341 e. The molecule has 0 bridgehead atoms. The maximum absolute atomic E-state index is 11.3. The molecule has 2 unspecified atom stereocenters. The molecule has 5 nitrogen and oxygen atoms in total. The highest BCUT2D eigenvalue weighted by molar-refractivity contribution is 5.88. The number of carbonyl (C=O) groups excluding carboxylic acids is 1. The molecule has 1 saturated heterocycles. The molecule has 1 aromatic heterocycles. The van der Waals surface area contributed by atoms with Crippen molar-refractivity contribution >= 4 is 5.97 Å². The standard InChI is InChI=1S/C12H18N2O3/c1-8-4-14(6-11(8)13)5-10-3-9(7-17-10)12(15)16-2/h3,7-8,11H,4-6,13H2,1-2H3. The van der Waals surface area contributed by atoms with Gasteiger partial charge in [-0.05, 0) is 12.0 Å². The number of esters is 1. The number of methoxy groups -OCH3 is 1. The summed E-state index contributed by atoms with van der Waals surface area (Å²) in [5, 5.41) is 0. The fourth-order valence-electron chi connectivity index (χ4n) is 2.13. The second kappa shape index (κ2) is 4.89. The average molecular weight is 238 g/mol. The van der Waals surface area contributed by atoms with Crippen molar-refractivity contribution in [3.63, 3.8) is 0 Å². The molecule has 1 aliphatic rings. The first-order valence-corrected chi connectivity index (χ1v) is 5.74. The number of hydrogen-bond donors (Lipinski definition) is 1. The molecule has 1 aromatic rings. The van der Waals surface area contributed by atoms with Crippen LogP contribution in [0.3, 0.4) is 0 Å². The van der Waals surface area contributed by atoms with Crippen molar-refractivity contribution in [2.45, 2.75) is 19.5 Å². The maximum atomic E-state index is 11.3. The lowest BCUT2D eigenvalue weighted by Gasteiger charge is -2.12. The van der Waals surface area contributed by atoms with E-state index >= 15 is 0 Å². The number of ether oxygens (including phenoxy) is 1. The number of likely N-dealkylation sites (tertiary alicyclic amines) is 1. The van der Waals surface area contributed by atoms with E-state index in [0.717, 1.165) is 18.8 Å². The summed E-state index contributed by atoms with van der Waals surface area (Å²) in [5.41, 5.74) is 6.41. The van der Waals surface area contributed by atoms with Crippen molar-refractivity contribution in [3.05, 3.63) is 23.7 Å². The summed E-state index contributed by atoms with van der Waals surface area (Å²) in [6.07, 6.45) is 1.43. The molecule has 2 atom stereocenters. The summed E-state index contributed by atoms with van der Waals surface area (Å²) in [6.45, 7) is 4.67. The zero-order valence-electron chi connectivity index (χ0n) is 10.2. The average Bonchev–Trinajstić information content (AvgIpc) is 2.87. The van der Waals surface area contributed by atoms with Gasteiger partial charge in [0.1, 0.15) is 12.0 Å². The van der Waals surface area contributed by atoms with E-state index in [1.165, 1.54) is 13.4 Å². The largest absolute Gasteiger partial charge is 0.467 e. The Hall–Kier alpha value is -1.33. The lowest BCUT2D eigenvalue weighted by Crippen LogP contribution is -2.28. The highest BCUT2D eigenvalue weighted by Crippen LogP contribution is 2.18. The zero-order valence-corrected chi connectivity index (χ0v) is 10.2. The van der Waals surface area contributed by atoms with Gasteiger partial charge in [-0.1, -0.05) is 6.92 Å².